The van der Waals surface area contributed by atoms with E-state index < -0.39 is 28.7 Å². The Morgan fingerprint density at radius 2 is 1.78 bits per heavy atom. The fourth-order valence-electron chi connectivity index (χ4n) is 2.69. The number of aromatic amines is 2. The Morgan fingerprint density at radius 1 is 1.03 bits per heavy atom. The van der Waals surface area contributed by atoms with Gasteiger partial charge in [0.2, 0.25) is 5.91 Å². The molecule has 0 atom stereocenters. The van der Waals surface area contributed by atoms with Crippen LogP contribution in [0.1, 0.15) is 17.7 Å². The smallest absolute Gasteiger partial charge is 0.326 e. The van der Waals surface area contributed by atoms with Crippen LogP contribution in [0, 0.1) is 17.5 Å². The van der Waals surface area contributed by atoms with Gasteiger partial charge in [-0.1, -0.05) is 6.07 Å². The highest BCUT2D eigenvalue weighted by Gasteiger charge is 2.07. The number of aryl methyl sites for hydroxylation is 1. The number of carbonyl (C=O) groups is 1. The van der Waals surface area contributed by atoms with Crippen LogP contribution in [0.15, 0.2) is 56.9 Å². The summed E-state index contributed by atoms with van der Waals surface area (Å²) in [5.74, 6) is -1.97. The lowest BCUT2D eigenvalue weighted by atomic mass is 10.2. The van der Waals surface area contributed by atoms with Crippen LogP contribution in [0.5, 0.6) is 0 Å². The summed E-state index contributed by atoms with van der Waals surface area (Å²) >= 11 is 1.48. The molecule has 0 radical (unpaired) electrons. The van der Waals surface area contributed by atoms with Gasteiger partial charge in [0.1, 0.15) is 17.5 Å². The molecule has 4 aromatic rings. The molecule has 2 heterocycles. The van der Waals surface area contributed by atoms with Gasteiger partial charge in [0.15, 0.2) is 0 Å². The summed E-state index contributed by atoms with van der Waals surface area (Å²) in [5, 5.41) is 4.62. The first-order chi connectivity index (χ1) is 15.3. The van der Waals surface area contributed by atoms with E-state index in [9.17, 15) is 27.6 Å². The van der Waals surface area contributed by atoms with Crippen LogP contribution in [0.4, 0.5) is 13.2 Å². The third-order valence-corrected chi connectivity index (χ3v) is 4.92. The first-order valence-corrected chi connectivity index (χ1v) is 10.3. The summed E-state index contributed by atoms with van der Waals surface area (Å²) in [4.78, 5) is 41.9. The lowest BCUT2D eigenvalue weighted by molar-refractivity contribution is -0.121. The number of thiazole rings is 1. The molecule has 4 rings (SSSR count). The highest BCUT2D eigenvalue weighted by Crippen LogP contribution is 2.10. The maximum absolute atomic E-state index is 13.3. The Morgan fingerprint density at radius 3 is 2.50 bits per heavy atom. The van der Waals surface area contributed by atoms with Crippen LogP contribution < -0.4 is 16.6 Å². The highest BCUT2D eigenvalue weighted by molar-refractivity contribution is 7.07. The molecule has 0 aliphatic rings. The van der Waals surface area contributed by atoms with Crippen molar-refractivity contribution in [2.75, 3.05) is 0 Å². The van der Waals surface area contributed by atoms with Crippen molar-refractivity contribution in [2.24, 2.45) is 0 Å². The molecule has 7 nitrogen and oxygen atoms in total. The van der Waals surface area contributed by atoms with E-state index in [1.807, 2.05) is 10.4 Å². The van der Waals surface area contributed by atoms with Gasteiger partial charge in [0.25, 0.3) is 5.56 Å². The fraction of sp³-hybridized carbons (Fsp3) is 0.143. The topological polar surface area (TPSA) is 108 Å². The van der Waals surface area contributed by atoms with Crippen molar-refractivity contribution in [3.8, 4) is 0 Å². The molecular formula is C21H17F3N4O3S. The van der Waals surface area contributed by atoms with Crippen molar-refractivity contribution in [1.29, 1.82) is 0 Å². The van der Waals surface area contributed by atoms with Gasteiger partial charge in [-0.2, -0.15) is 0 Å². The molecule has 0 saturated heterocycles. The third kappa shape index (κ3) is 6.38. The fourth-order valence-corrected chi connectivity index (χ4v) is 3.28. The first-order valence-electron chi connectivity index (χ1n) is 9.31. The van der Waals surface area contributed by atoms with Crippen molar-refractivity contribution >= 4 is 28.1 Å². The Labute approximate surface area is 183 Å². The molecule has 0 unspecified atom stereocenters. The normalized spacial score (nSPS) is 10.5. The van der Waals surface area contributed by atoms with Crippen molar-refractivity contribution in [2.45, 2.75) is 19.4 Å². The van der Waals surface area contributed by atoms with E-state index in [1.54, 1.807) is 5.51 Å². The number of benzene rings is 2. The van der Waals surface area contributed by atoms with Gasteiger partial charge in [-0.3, -0.25) is 14.6 Å². The Kier molecular flexibility index (Phi) is 7.55. The summed E-state index contributed by atoms with van der Waals surface area (Å²) in [7, 11) is 0. The van der Waals surface area contributed by atoms with Gasteiger partial charge < -0.3 is 10.3 Å². The molecule has 0 saturated carbocycles. The molecule has 2 aromatic heterocycles. The average molecular weight is 462 g/mol. The molecule has 166 valence electrons. The van der Waals surface area contributed by atoms with Crippen LogP contribution in [0.2, 0.25) is 0 Å². The predicted octanol–water partition coefficient (Wildman–Crippen LogP) is 3.03. The Bertz CT molecular complexity index is 1340. The van der Waals surface area contributed by atoms with Crippen LogP contribution >= 0.6 is 11.3 Å². The molecule has 11 heteroatoms. The number of nitrogens with zero attached hydrogens (tertiary/aromatic N) is 1. The number of H-pyrrole nitrogens is 2. The number of hydrogen-bond acceptors (Lipinski definition) is 5. The lowest BCUT2D eigenvalue weighted by Gasteiger charge is -2.06. The minimum Gasteiger partial charge on any atom is -0.352 e. The number of nitrogens with one attached hydrogen (secondary N) is 3. The predicted molar refractivity (Wildman–Crippen MR) is 114 cm³/mol. The number of rotatable bonds is 5. The van der Waals surface area contributed by atoms with Crippen molar-refractivity contribution in [1.82, 2.24) is 20.3 Å². The minimum atomic E-state index is -0.653. The first kappa shape index (κ1) is 22.9. The number of carbonyl (C=O) groups excluding carboxylic acids is 1. The van der Waals surface area contributed by atoms with Crippen LogP contribution in [0.3, 0.4) is 0 Å². The second kappa shape index (κ2) is 10.5. The zero-order valence-corrected chi connectivity index (χ0v) is 17.3. The zero-order chi connectivity index (χ0) is 23.1. The highest BCUT2D eigenvalue weighted by atomic mass is 32.1. The van der Waals surface area contributed by atoms with Gasteiger partial charge in [0, 0.05) is 30.0 Å². The lowest BCUT2D eigenvalue weighted by Crippen LogP contribution is -2.23. The zero-order valence-electron chi connectivity index (χ0n) is 16.5. The molecule has 0 aliphatic carbocycles. The number of halogens is 3. The van der Waals surface area contributed by atoms with Crippen molar-refractivity contribution in [3.63, 3.8) is 0 Å². The molecule has 32 heavy (non-hydrogen) atoms. The van der Waals surface area contributed by atoms with E-state index >= 15 is 0 Å². The van der Waals surface area contributed by atoms with E-state index in [-0.39, 0.29) is 23.4 Å². The number of amides is 1. The maximum Gasteiger partial charge on any atom is 0.326 e. The second-order valence-corrected chi connectivity index (χ2v) is 7.31. The summed E-state index contributed by atoms with van der Waals surface area (Å²) in [5.41, 5.74) is 2.00. The van der Waals surface area contributed by atoms with E-state index in [1.165, 1.54) is 35.6 Å². The quantitative estimate of drug-likeness (QED) is 0.424. The molecule has 0 spiro atoms. The molecule has 0 bridgehead atoms. The van der Waals surface area contributed by atoms with Crippen molar-refractivity contribution < 1.29 is 18.0 Å². The van der Waals surface area contributed by atoms with Gasteiger partial charge in [-0.25, -0.2) is 22.9 Å². The maximum atomic E-state index is 13.3. The molecular weight excluding hydrogens is 445 g/mol. The van der Waals surface area contributed by atoms with Gasteiger partial charge in [0.05, 0.1) is 22.1 Å². The minimum absolute atomic E-state index is 0.0576. The van der Waals surface area contributed by atoms with Gasteiger partial charge >= 0.3 is 5.69 Å². The number of fused-ring (bicyclic) bond motifs is 1. The summed E-state index contributed by atoms with van der Waals surface area (Å²) < 4.78 is 38.7. The van der Waals surface area contributed by atoms with Crippen molar-refractivity contribution in [3.05, 3.63) is 96.8 Å². The van der Waals surface area contributed by atoms with E-state index in [4.69, 9.17) is 0 Å². The molecule has 2 aromatic carbocycles. The molecule has 0 fully saturated rings. The SMILES string of the molecule is O=C(CCc1cscn1)NCc1ccc(F)cc1F.O=c1[nH]c(=O)c2cc(F)ccc2[nH]1. The molecule has 1 amide bonds. The van der Waals surface area contributed by atoms with Crippen LogP contribution in [-0.2, 0) is 17.8 Å². The second-order valence-electron chi connectivity index (χ2n) is 6.59. The molecule has 3 N–H and O–H groups in total. The third-order valence-electron chi connectivity index (χ3n) is 4.28. The largest absolute Gasteiger partial charge is 0.352 e. The summed E-state index contributed by atoms with van der Waals surface area (Å²) in [6, 6.07) is 6.89. The standard InChI is InChI=1S/C13H12F2N2OS.C8H5FN2O2/c14-10-2-1-9(12(15)5-10)6-16-13(18)4-3-11-7-19-8-17-11;9-4-1-2-6-5(3-4)7(12)11-8(13)10-6/h1-2,5,7-8H,3-4,6H2,(H,16,18);1-3H,(H2,10,11,12,13). The van der Waals surface area contributed by atoms with E-state index in [2.05, 4.69) is 15.3 Å². The Hall–Kier alpha value is -3.73. The Balaban J connectivity index is 0.000000193. The number of hydrogen-bond donors (Lipinski definition) is 3. The molecule has 0 aliphatic heterocycles. The average Bonchev–Trinajstić information content (AvgIpc) is 3.26. The van der Waals surface area contributed by atoms with Gasteiger partial charge in [-0.15, -0.1) is 11.3 Å². The van der Waals surface area contributed by atoms with Crippen LogP contribution in [0.25, 0.3) is 10.9 Å². The van der Waals surface area contributed by atoms with E-state index in [0.29, 0.717) is 18.4 Å². The monoisotopic (exact) mass is 462 g/mol. The summed E-state index contributed by atoms with van der Waals surface area (Å²) in [6.45, 7) is 0.0576. The number of aromatic nitrogens is 3. The van der Waals surface area contributed by atoms with E-state index in [0.717, 1.165) is 17.8 Å². The summed E-state index contributed by atoms with van der Waals surface area (Å²) in [6.07, 6.45) is 0.855. The van der Waals surface area contributed by atoms with Crippen LogP contribution in [-0.4, -0.2) is 20.9 Å². The van der Waals surface area contributed by atoms with Gasteiger partial charge in [-0.05, 0) is 30.7 Å².